The fourth-order valence-electron chi connectivity index (χ4n) is 3.23. The Morgan fingerprint density at radius 2 is 2.10 bits per heavy atom. The SMILES string of the molecule is Cc1ccc(C(N)CCN2CC(C)C(N(C)C)C2)cc1F. The van der Waals surface area contributed by atoms with Gasteiger partial charge in [-0.2, -0.15) is 0 Å². The van der Waals surface area contributed by atoms with Crippen LogP contribution in [0.15, 0.2) is 18.2 Å². The van der Waals surface area contributed by atoms with E-state index in [2.05, 4.69) is 30.8 Å². The highest BCUT2D eigenvalue weighted by Crippen LogP contribution is 2.22. The van der Waals surface area contributed by atoms with E-state index in [9.17, 15) is 4.39 Å². The van der Waals surface area contributed by atoms with Crippen LogP contribution in [0, 0.1) is 18.7 Å². The molecule has 3 atom stereocenters. The molecule has 1 aromatic rings. The number of halogens is 1. The molecule has 4 heteroatoms. The lowest BCUT2D eigenvalue weighted by atomic mass is 10.0. The van der Waals surface area contributed by atoms with Crippen molar-refractivity contribution in [3.63, 3.8) is 0 Å². The first-order valence-corrected chi connectivity index (χ1v) is 7.79. The minimum Gasteiger partial charge on any atom is -0.324 e. The Morgan fingerprint density at radius 1 is 1.38 bits per heavy atom. The lowest BCUT2D eigenvalue weighted by Gasteiger charge is -2.23. The number of likely N-dealkylation sites (N-methyl/N-ethyl adjacent to an activating group) is 1. The van der Waals surface area contributed by atoms with Crippen LogP contribution >= 0.6 is 0 Å². The lowest BCUT2D eigenvalue weighted by Crippen LogP contribution is -2.34. The lowest BCUT2D eigenvalue weighted by molar-refractivity contribution is 0.250. The first-order valence-electron chi connectivity index (χ1n) is 7.79. The third-order valence-corrected chi connectivity index (χ3v) is 4.69. The van der Waals surface area contributed by atoms with Crippen LogP contribution in [0.3, 0.4) is 0 Å². The third kappa shape index (κ3) is 4.02. The fourth-order valence-corrected chi connectivity index (χ4v) is 3.23. The number of benzene rings is 1. The van der Waals surface area contributed by atoms with E-state index in [0.717, 1.165) is 31.6 Å². The minimum absolute atomic E-state index is 0.0891. The topological polar surface area (TPSA) is 32.5 Å². The van der Waals surface area contributed by atoms with Gasteiger partial charge in [-0.05, 0) is 50.6 Å². The number of hydrogen-bond acceptors (Lipinski definition) is 3. The van der Waals surface area contributed by atoms with Gasteiger partial charge in [0.25, 0.3) is 0 Å². The largest absolute Gasteiger partial charge is 0.324 e. The summed E-state index contributed by atoms with van der Waals surface area (Å²) in [6, 6.07) is 5.87. The highest BCUT2D eigenvalue weighted by atomic mass is 19.1. The Hall–Kier alpha value is -0.970. The molecular formula is C17H28FN3. The van der Waals surface area contributed by atoms with Crippen molar-refractivity contribution >= 4 is 0 Å². The third-order valence-electron chi connectivity index (χ3n) is 4.69. The molecule has 2 N–H and O–H groups in total. The zero-order valence-corrected chi connectivity index (χ0v) is 13.6. The summed E-state index contributed by atoms with van der Waals surface area (Å²) in [6.07, 6.45) is 0.870. The van der Waals surface area contributed by atoms with Crippen molar-refractivity contribution in [2.24, 2.45) is 11.7 Å². The van der Waals surface area contributed by atoms with Crippen molar-refractivity contribution in [3.05, 3.63) is 35.1 Å². The molecule has 0 saturated carbocycles. The maximum absolute atomic E-state index is 13.6. The smallest absolute Gasteiger partial charge is 0.126 e. The monoisotopic (exact) mass is 293 g/mol. The summed E-state index contributed by atoms with van der Waals surface area (Å²) >= 11 is 0. The molecule has 0 bridgehead atoms. The first-order chi connectivity index (χ1) is 9.88. The summed E-state index contributed by atoms with van der Waals surface area (Å²) in [5.74, 6) is 0.526. The van der Waals surface area contributed by atoms with E-state index in [0.29, 0.717) is 17.5 Å². The second-order valence-electron chi connectivity index (χ2n) is 6.67. The zero-order chi connectivity index (χ0) is 15.6. The highest BCUT2D eigenvalue weighted by molar-refractivity contribution is 5.25. The molecule has 0 spiro atoms. The van der Waals surface area contributed by atoms with Crippen LogP contribution < -0.4 is 5.73 Å². The predicted molar refractivity (Wildman–Crippen MR) is 85.8 cm³/mol. The average Bonchev–Trinajstić information content (AvgIpc) is 2.80. The molecule has 1 aliphatic rings. The van der Waals surface area contributed by atoms with Gasteiger partial charge >= 0.3 is 0 Å². The van der Waals surface area contributed by atoms with Crippen LogP contribution in [0.2, 0.25) is 0 Å². The summed E-state index contributed by atoms with van der Waals surface area (Å²) in [4.78, 5) is 4.78. The van der Waals surface area contributed by atoms with Crippen molar-refractivity contribution < 1.29 is 4.39 Å². The Bertz CT molecular complexity index is 475. The van der Waals surface area contributed by atoms with Gasteiger partial charge in [-0.15, -0.1) is 0 Å². The molecule has 3 nitrogen and oxygen atoms in total. The van der Waals surface area contributed by atoms with Crippen LogP contribution in [0.5, 0.6) is 0 Å². The Kier molecular flexibility index (Phi) is 5.36. The van der Waals surface area contributed by atoms with Crippen LogP contribution in [-0.2, 0) is 0 Å². The Balaban J connectivity index is 1.87. The van der Waals surface area contributed by atoms with E-state index >= 15 is 0 Å². The van der Waals surface area contributed by atoms with E-state index in [1.807, 2.05) is 12.1 Å². The van der Waals surface area contributed by atoms with Gasteiger partial charge in [0.2, 0.25) is 0 Å². The molecular weight excluding hydrogens is 265 g/mol. The van der Waals surface area contributed by atoms with E-state index in [4.69, 9.17) is 5.73 Å². The normalized spacial score (nSPS) is 24.7. The average molecular weight is 293 g/mol. The van der Waals surface area contributed by atoms with Gasteiger partial charge in [0.05, 0.1) is 0 Å². The van der Waals surface area contributed by atoms with Gasteiger partial charge in [-0.1, -0.05) is 19.1 Å². The minimum atomic E-state index is -0.162. The molecule has 21 heavy (non-hydrogen) atoms. The Labute approximate surface area is 127 Å². The molecule has 118 valence electrons. The quantitative estimate of drug-likeness (QED) is 0.905. The summed E-state index contributed by atoms with van der Waals surface area (Å²) in [7, 11) is 4.29. The molecule has 2 rings (SSSR count). The summed E-state index contributed by atoms with van der Waals surface area (Å²) in [5, 5.41) is 0. The maximum atomic E-state index is 13.6. The summed E-state index contributed by atoms with van der Waals surface area (Å²) in [5.41, 5.74) is 7.79. The fraction of sp³-hybridized carbons (Fsp3) is 0.647. The van der Waals surface area contributed by atoms with Gasteiger partial charge in [-0.3, -0.25) is 0 Å². The maximum Gasteiger partial charge on any atom is 0.126 e. The Morgan fingerprint density at radius 3 is 2.67 bits per heavy atom. The standard InChI is InChI=1S/C17H28FN3/c1-12-5-6-14(9-15(12)18)16(19)7-8-21-10-13(2)17(11-21)20(3)4/h5-6,9,13,16-17H,7-8,10-11,19H2,1-4H3. The van der Waals surface area contributed by atoms with Crippen molar-refractivity contribution in [2.45, 2.75) is 32.4 Å². The molecule has 0 aromatic heterocycles. The van der Waals surface area contributed by atoms with Crippen molar-refractivity contribution in [1.82, 2.24) is 9.80 Å². The molecule has 1 heterocycles. The van der Waals surface area contributed by atoms with Crippen molar-refractivity contribution in [2.75, 3.05) is 33.7 Å². The molecule has 0 radical (unpaired) electrons. The molecule has 1 saturated heterocycles. The molecule has 3 unspecified atom stereocenters. The second kappa shape index (κ2) is 6.86. The van der Waals surface area contributed by atoms with Gasteiger partial charge in [0, 0.05) is 31.7 Å². The van der Waals surface area contributed by atoms with E-state index in [-0.39, 0.29) is 11.9 Å². The van der Waals surface area contributed by atoms with E-state index in [1.54, 1.807) is 13.0 Å². The van der Waals surface area contributed by atoms with Crippen LogP contribution in [0.4, 0.5) is 4.39 Å². The van der Waals surface area contributed by atoms with Gasteiger partial charge in [0.1, 0.15) is 5.82 Å². The second-order valence-corrected chi connectivity index (χ2v) is 6.67. The highest BCUT2D eigenvalue weighted by Gasteiger charge is 2.30. The van der Waals surface area contributed by atoms with E-state index in [1.165, 1.54) is 0 Å². The first kappa shape index (κ1) is 16.4. The van der Waals surface area contributed by atoms with Crippen LogP contribution in [0.1, 0.15) is 30.5 Å². The van der Waals surface area contributed by atoms with Crippen LogP contribution in [-0.4, -0.2) is 49.6 Å². The van der Waals surface area contributed by atoms with Gasteiger partial charge in [0.15, 0.2) is 0 Å². The van der Waals surface area contributed by atoms with Crippen molar-refractivity contribution in [3.8, 4) is 0 Å². The molecule has 1 aromatic carbocycles. The number of aryl methyl sites for hydroxylation is 1. The summed E-state index contributed by atoms with van der Waals surface area (Å²) < 4.78 is 13.6. The number of likely N-dealkylation sites (tertiary alicyclic amines) is 1. The molecule has 1 fully saturated rings. The number of rotatable bonds is 5. The van der Waals surface area contributed by atoms with Crippen molar-refractivity contribution in [1.29, 1.82) is 0 Å². The van der Waals surface area contributed by atoms with E-state index < -0.39 is 0 Å². The molecule has 0 aliphatic carbocycles. The molecule has 1 aliphatic heterocycles. The zero-order valence-electron chi connectivity index (χ0n) is 13.6. The van der Waals surface area contributed by atoms with Gasteiger partial charge < -0.3 is 15.5 Å². The molecule has 0 amide bonds. The summed E-state index contributed by atoms with van der Waals surface area (Å²) in [6.45, 7) is 7.28. The van der Waals surface area contributed by atoms with Crippen LogP contribution in [0.25, 0.3) is 0 Å². The predicted octanol–water partition coefficient (Wildman–Crippen LogP) is 2.41. The number of nitrogens with zero attached hydrogens (tertiary/aromatic N) is 2. The number of nitrogens with two attached hydrogens (primary N) is 1. The van der Waals surface area contributed by atoms with Gasteiger partial charge in [-0.25, -0.2) is 4.39 Å². The number of hydrogen-bond donors (Lipinski definition) is 1.